The number of fused-ring (bicyclic) bond motifs is 3. The van der Waals surface area contributed by atoms with Crippen molar-refractivity contribution in [1.82, 2.24) is 10.2 Å². The molecule has 0 radical (unpaired) electrons. The molecular weight excluding hydrogens is 539 g/mol. The van der Waals surface area contributed by atoms with Gasteiger partial charge in [0.25, 0.3) is 0 Å². The molecule has 1 saturated carbocycles. The average Bonchev–Trinajstić information content (AvgIpc) is 3.38. The molecule has 3 aromatic rings. The van der Waals surface area contributed by atoms with Crippen LogP contribution in [0.3, 0.4) is 0 Å². The molecule has 0 spiro atoms. The number of hydrogen-bond acceptors (Lipinski definition) is 6. The quantitative estimate of drug-likeness (QED) is 0.469. The van der Waals surface area contributed by atoms with Crippen molar-refractivity contribution >= 4 is 17.6 Å². The molecule has 2 aliphatic heterocycles. The van der Waals surface area contributed by atoms with Gasteiger partial charge in [-0.05, 0) is 41.8 Å². The lowest BCUT2D eigenvalue weighted by Gasteiger charge is -2.42. The van der Waals surface area contributed by atoms with Gasteiger partial charge < -0.3 is 34.3 Å². The molecule has 10 heteroatoms. The first-order chi connectivity index (χ1) is 19.3. The fourth-order valence-corrected chi connectivity index (χ4v) is 6.65. The van der Waals surface area contributed by atoms with Crippen LogP contribution in [0.4, 0.5) is 9.18 Å². The lowest BCUT2D eigenvalue weighted by molar-refractivity contribution is -0.116. The largest absolute Gasteiger partial charge is 0.496 e. The zero-order chi connectivity index (χ0) is 28.1. The minimum atomic E-state index is -1.83. The van der Waals surface area contributed by atoms with Crippen LogP contribution in [-0.2, 0) is 15.9 Å². The number of aliphatic hydroxyl groups is 1. The van der Waals surface area contributed by atoms with Crippen LogP contribution in [0.25, 0.3) is 0 Å². The van der Waals surface area contributed by atoms with Crippen LogP contribution in [0.1, 0.15) is 29.0 Å². The van der Waals surface area contributed by atoms with Crippen molar-refractivity contribution in [3.63, 3.8) is 0 Å². The Morgan fingerprint density at radius 3 is 2.52 bits per heavy atom. The molecule has 3 aromatic carbocycles. The van der Waals surface area contributed by atoms with Crippen LogP contribution in [-0.4, -0.2) is 62.6 Å². The second-order valence-corrected chi connectivity index (χ2v) is 10.7. The van der Waals surface area contributed by atoms with Crippen LogP contribution < -0.4 is 19.5 Å². The van der Waals surface area contributed by atoms with E-state index in [1.807, 2.05) is 6.07 Å². The van der Waals surface area contributed by atoms with Gasteiger partial charge >= 0.3 is 6.03 Å². The van der Waals surface area contributed by atoms with Crippen molar-refractivity contribution in [2.45, 2.75) is 29.6 Å². The normalized spacial score (nSPS) is 27.0. The van der Waals surface area contributed by atoms with Crippen molar-refractivity contribution in [2.24, 2.45) is 0 Å². The van der Waals surface area contributed by atoms with Gasteiger partial charge in [-0.15, -0.1) is 0 Å². The average molecular weight is 569 g/mol. The molecule has 3 aliphatic rings. The highest BCUT2D eigenvalue weighted by Crippen LogP contribution is 2.68. The topological polar surface area (TPSA) is 89.5 Å². The van der Waals surface area contributed by atoms with E-state index >= 15 is 0 Å². The fourth-order valence-electron chi connectivity index (χ4n) is 6.52. The second kappa shape index (κ2) is 10.1. The Hall–Kier alpha value is -3.53. The van der Waals surface area contributed by atoms with E-state index in [4.69, 9.17) is 30.5 Å². The van der Waals surface area contributed by atoms with Crippen molar-refractivity contribution < 1.29 is 33.2 Å². The Bertz CT molecular complexity index is 1430. The third-order valence-electron chi connectivity index (χ3n) is 8.30. The van der Waals surface area contributed by atoms with E-state index in [0.29, 0.717) is 65.3 Å². The number of ether oxygens (including phenoxy) is 4. The number of hydrogen-bond donors (Lipinski definition) is 2. The molecule has 2 amide bonds. The van der Waals surface area contributed by atoms with E-state index in [1.165, 1.54) is 26.4 Å². The summed E-state index contributed by atoms with van der Waals surface area (Å²) in [7, 11) is 3.03. The molecule has 4 atom stereocenters. The molecular formula is C30H30ClFN2O6. The summed E-state index contributed by atoms with van der Waals surface area (Å²) in [6, 6.07) is 15.5. The lowest BCUT2D eigenvalue weighted by atomic mass is 9.71. The van der Waals surface area contributed by atoms with Crippen LogP contribution in [0.2, 0.25) is 5.02 Å². The third-order valence-corrected chi connectivity index (χ3v) is 8.55. The molecule has 8 nitrogen and oxygen atoms in total. The van der Waals surface area contributed by atoms with Gasteiger partial charge in [-0.25, -0.2) is 9.18 Å². The van der Waals surface area contributed by atoms with Gasteiger partial charge in [0.1, 0.15) is 23.1 Å². The van der Waals surface area contributed by atoms with E-state index < -0.39 is 29.0 Å². The minimum Gasteiger partial charge on any atom is -0.496 e. The lowest BCUT2D eigenvalue weighted by Crippen LogP contribution is -2.58. The number of carbonyl (C=O) groups excluding carboxylic acids is 1. The number of nitrogens with zero attached hydrogens (tertiary/aromatic N) is 1. The molecule has 1 aliphatic carbocycles. The van der Waals surface area contributed by atoms with Gasteiger partial charge in [0.2, 0.25) is 0 Å². The van der Waals surface area contributed by atoms with Crippen molar-refractivity contribution in [1.29, 1.82) is 0 Å². The molecule has 0 unspecified atom stereocenters. The minimum absolute atomic E-state index is 0.257. The van der Waals surface area contributed by atoms with Crippen LogP contribution in [0, 0.1) is 5.82 Å². The number of rotatable bonds is 5. The Morgan fingerprint density at radius 1 is 1.10 bits per heavy atom. The Balaban J connectivity index is 1.58. The summed E-state index contributed by atoms with van der Waals surface area (Å²) >= 11 is 6.27. The number of methoxy groups -OCH3 is 2. The molecule has 210 valence electrons. The number of carbonyl (C=O) groups is 1. The van der Waals surface area contributed by atoms with Crippen LogP contribution in [0.15, 0.2) is 60.7 Å². The Morgan fingerprint density at radius 2 is 1.85 bits per heavy atom. The fraction of sp³-hybridized carbons (Fsp3) is 0.367. The number of amides is 2. The van der Waals surface area contributed by atoms with Gasteiger partial charge in [-0.2, -0.15) is 0 Å². The second-order valence-electron chi connectivity index (χ2n) is 10.3. The van der Waals surface area contributed by atoms with Gasteiger partial charge in [0, 0.05) is 36.2 Å². The zero-order valence-corrected chi connectivity index (χ0v) is 22.9. The highest BCUT2D eigenvalue weighted by atomic mass is 35.5. The smallest absolute Gasteiger partial charge is 0.317 e. The number of morpholine rings is 1. The summed E-state index contributed by atoms with van der Waals surface area (Å²) in [6.07, 6.45) is 0.257. The van der Waals surface area contributed by atoms with Crippen LogP contribution in [0.5, 0.6) is 17.2 Å². The standard InChI is InChI=1S/C30H30ClFN2O6/c1-37-22-15-24(38-2)27-25(16-22)40-30(19-6-8-20(31)9-7-19)23(18-4-3-5-21(32)14-18)17-26(29(27,30)36)33-28(35)34-10-12-39-13-11-34/h3-9,14-16,23,26,36H,10-13,17H2,1-2H3,(H,33,35)/t23-,26-,29+,30-/m0/s1. The zero-order valence-electron chi connectivity index (χ0n) is 22.2. The number of benzene rings is 3. The van der Waals surface area contributed by atoms with E-state index in [0.717, 1.165) is 0 Å². The van der Waals surface area contributed by atoms with Crippen molar-refractivity contribution in [2.75, 3.05) is 40.5 Å². The number of nitrogens with one attached hydrogen (secondary N) is 1. The first kappa shape index (κ1) is 26.7. The summed E-state index contributed by atoms with van der Waals surface area (Å²) in [6.45, 7) is 1.73. The predicted molar refractivity (Wildman–Crippen MR) is 146 cm³/mol. The Kier molecular flexibility index (Phi) is 6.76. The molecule has 6 rings (SSSR count). The summed E-state index contributed by atoms with van der Waals surface area (Å²) in [5, 5.41) is 16.7. The first-order valence-electron chi connectivity index (χ1n) is 13.1. The van der Waals surface area contributed by atoms with Gasteiger partial charge in [-0.1, -0.05) is 35.9 Å². The van der Waals surface area contributed by atoms with E-state index in [9.17, 15) is 14.3 Å². The molecule has 1 saturated heterocycles. The van der Waals surface area contributed by atoms with Gasteiger partial charge in [0.15, 0.2) is 11.2 Å². The predicted octanol–water partition coefficient (Wildman–Crippen LogP) is 4.57. The van der Waals surface area contributed by atoms with E-state index in [-0.39, 0.29) is 12.5 Å². The maximum absolute atomic E-state index is 14.6. The van der Waals surface area contributed by atoms with Gasteiger partial charge in [0.05, 0.1) is 39.0 Å². The SMILES string of the molecule is COc1cc(OC)c2c(c1)O[C@@]1(c3ccc(Cl)cc3)[C@H](c3cccc(F)c3)C[C@H](NC(=O)N3CCOCC3)[C@@]21O. The molecule has 2 fully saturated rings. The first-order valence-corrected chi connectivity index (χ1v) is 13.5. The highest BCUT2D eigenvalue weighted by molar-refractivity contribution is 6.30. The maximum atomic E-state index is 14.6. The van der Waals surface area contributed by atoms with Gasteiger partial charge in [-0.3, -0.25) is 0 Å². The number of halogens is 2. The molecule has 2 N–H and O–H groups in total. The maximum Gasteiger partial charge on any atom is 0.317 e. The monoisotopic (exact) mass is 568 g/mol. The number of urea groups is 1. The van der Waals surface area contributed by atoms with E-state index in [2.05, 4.69) is 5.32 Å². The molecule has 2 heterocycles. The van der Waals surface area contributed by atoms with Crippen molar-refractivity contribution in [3.8, 4) is 17.2 Å². The van der Waals surface area contributed by atoms with Crippen LogP contribution >= 0.6 is 11.6 Å². The molecule has 0 bridgehead atoms. The third kappa shape index (κ3) is 3.98. The molecule has 40 heavy (non-hydrogen) atoms. The van der Waals surface area contributed by atoms with E-state index in [1.54, 1.807) is 47.4 Å². The summed E-state index contributed by atoms with van der Waals surface area (Å²) in [5.41, 5.74) is -1.68. The summed E-state index contributed by atoms with van der Waals surface area (Å²) < 4.78 is 38.1. The summed E-state index contributed by atoms with van der Waals surface area (Å²) in [4.78, 5) is 15.2. The molecule has 0 aromatic heterocycles. The Labute approximate surface area is 236 Å². The highest BCUT2D eigenvalue weighted by Gasteiger charge is 2.74. The summed E-state index contributed by atoms with van der Waals surface area (Å²) in [5.74, 6) is 0.176. The van der Waals surface area contributed by atoms with Crippen molar-refractivity contribution in [3.05, 3.63) is 88.2 Å².